The molecule has 1 aromatic carbocycles. The molecular formula is C9H6IrNS-. The molecule has 0 aliphatic heterocycles. The first-order valence-corrected chi connectivity index (χ1v) is 4.18. The zero-order valence-electron chi connectivity index (χ0n) is 6.15. The van der Waals surface area contributed by atoms with Gasteiger partial charge in [-0.15, -0.1) is 35.9 Å². The van der Waals surface area contributed by atoms with Crippen molar-refractivity contribution in [3.63, 3.8) is 0 Å². The van der Waals surface area contributed by atoms with E-state index >= 15 is 0 Å². The van der Waals surface area contributed by atoms with Gasteiger partial charge in [0.25, 0.3) is 0 Å². The van der Waals surface area contributed by atoms with E-state index < -0.39 is 0 Å². The first-order valence-electron chi connectivity index (χ1n) is 3.34. The topological polar surface area (TPSA) is 12.9 Å². The van der Waals surface area contributed by atoms with Gasteiger partial charge in [0.15, 0.2) is 0 Å². The van der Waals surface area contributed by atoms with Crippen molar-refractivity contribution in [2.24, 2.45) is 0 Å². The Bertz CT molecular complexity index is 318. The number of aromatic nitrogens is 1. The van der Waals surface area contributed by atoms with Gasteiger partial charge in [0.2, 0.25) is 0 Å². The van der Waals surface area contributed by atoms with Crippen LogP contribution in [0.1, 0.15) is 0 Å². The van der Waals surface area contributed by atoms with Gasteiger partial charge in [0.1, 0.15) is 0 Å². The summed E-state index contributed by atoms with van der Waals surface area (Å²) in [6.45, 7) is 0. The molecule has 0 saturated heterocycles. The molecule has 0 atom stereocenters. The van der Waals surface area contributed by atoms with Gasteiger partial charge in [-0.3, -0.25) is 0 Å². The smallest absolute Gasteiger partial charge is 0.00192 e. The van der Waals surface area contributed by atoms with Gasteiger partial charge in [-0.05, 0) is 0 Å². The molecule has 0 saturated carbocycles. The normalized spacial score (nSPS) is 9.00. The minimum atomic E-state index is 0. The second-order valence-electron chi connectivity index (χ2n) is 2.16. The maximum Gasteiger partial charge on any atom is 0.00192 e. The Kier molecular flexibility index (Phi) is 3.60. The van der Waals surface area contributed by atoms with Crippen molar-refractivity contribution in [3.8, 4) is 11.3 Å². The van der Waals surface area contributed by atoms with E-state index in [0.29, 0.717) is 0 Å². The summed E-state index contributed by atoms with van der Waals surface area (Å²) >= 11 is 1.46. The van der Waals surface area contributed by atoms with Crippen molar-refractivity contribution in [1.82, 2.24) is 4.37 Å². The summed E-state index contributed by atoms with van der Waals surface area (Å²) in [5.74, 6) is 0. The van der Waals surface area contributed by atoms with E-state index in [-0.39, 0.29) is 20.1 Å². The average Bonchev–Trinajstić information content (AvgIpc) is 2.58. The van der Waals surface area contributed by atoms with Crippen LogP contribution in [-0.2, 0) is 20.1 Å². The Morgan fingerprint density at radius 1 is 1.25 bits per heavy atom. The third-order valence-electron chi connectivity index (χ3n) is 1.42. The molecule has 0 aliphatic carbocycles. The van der Waals surface area contributed by atoms with Crippen molar-refractivity contribution in [2.75, 3.05) is 0 Å². The van der Waals surface area contributed by atoms with Crippen molar-refractivity contribution in [1.29, 1.82) is 0 Å². The predicted octanol–water partition coefficient (Wildman–Crippen LogP) is 2.61. The number of benzene rings is 1. The van der Waals surface area contributed by atoms with Crippen molar-refractivity contribution >= 4 is 11.5 Å². The second-order valence-corrected chi connectivity index (χ2v) is 2.83. The summed E-state index contributed by atoms with van der Waals surface area (Å²) in [4.78, 5) is 0. The van der Waals surface area contributed by atoms with Crippen LogP contribution in [0.2, 0.25) is 0 Å². The zero-order chi connectivity index (χ0) is 7.52. The number of rotatable bonds is 1. The maximum absolute atomic E-state index is 4.20. The molecule has 1 heterocycles. The molecule has 0 aliphatic rings. The van der Waals surface area contributed by atoms with Gasteiger partial charge >= 0.3 is 0 Å². The first kappa shape index (κ1) is 9.59. The fourth-order valence-electron chi connectivity index (χ4n) is 0.904. The van der Waals surface area contributed by atoms with Crippen LogP contribution in [0, 0.1) is 6.07 Å². The van der Waals surface area contributed by atoms with Crippen molar-refractivity contribution in [2.45, 2.75) is 0 Å². The molecule has 1 radical (unpaired) electrons. The average molecular weight is 352 g/mol. The molecule has 0 unspecified atom stereocenters. The van der Waals surface area contributed by atoms with E-state index in [1.54, 1.807) is 0 Å². The van der Waals surface area contributed by atoms with Crippen molar-refractivity contribution in [3.05, 3.63) is 41.8 Å². The third kappa shape index (κ3) is 2.01. The molecule has 1 aromatic heterocycles. The van der Waals surface area contributed by atoms with Gasteiger partial charge in [-0.25, -0.2) is 4.37 Å². The van der Waals surface area contributed by atoms with E-state index in [1.165, 1.54) is 11.5 Å². The number of hydrogen-bond donors (Lipinski definition) is 0. The predicted molar refractivity (Wildman–Crippen MR) is 46.4 cm³/mol. The molecule has 0 bridgehead atoms. The van der Waals surface area contributed by atoms with Gasteiger partial charge < -0.3 is 0 Å². The van der Waals surface area contributed by atoms with E-state index in [2.05, 4.69) is 10.4 Å². The Morgan fingerprint density at radius 2 is 2.17 bits per heavy atom. The second kappa shape index (κ2) is 4.51. The minimum Gasteiger partial charge on any atom is -0.242 e. The monoisotopic (exact) mass is 353 g/mol. The minimum absolute atomic E-state index is 0. The standard InChI is InChI=1S/C9H6NS.Ir/c1-2-4-8(5-3-1)9-6-7-11-10-9;/h1-4,6-7H;/q-1;. The Labute approximate surface area is 89.0 Å². The summed E-state index contributed by atoms with van der Waals surface area (Å²) in [6, 6.07) is 13.0. The number of hydrogen-bond acceptors (Lipinski definition) is 2. The Balaban J connectivity index is 0.000000720. The third-order valence-corrected chi connectivity index (χ3v) is 1.98. The summed E-state index contributed by atoms with van der Waals surface area (Å²) in [5, 5.41) is 1.97. The van der Waals surface area contributed by atoms with Gasteiger partial charge in [-0.1, -0.05) is 17.6 Å². The molecule has 0 amide bonds. The van der Waals surface area contributed by atoms with Gasteiger partial charge in [0, 0.05) is 31.2 Å². The van der Waals surface area contributed by atoms with Crippen LogP contribution in [0.3, 0.4) is 0 Å². The van der Waals surface area contributed by atoms with E-state index in [1.807, 2.05) is 35.7 Å². The van der Waals surface area contributed by atoms with Gasteiger partial charge in [0.05, 0.1) is 0 Å². The Morgan fingerprint density at radius 3 is 2.75 bits per heavy atom. The first-order chi connectivity index (χ1) is 5.47. The van der Waals surface area contributed by atoms with Crippen LogP contribution in [0.4, 0.5) is 0 Å². The largest absolute Gasteiger partial charge is 0.242 e. The van der Waals surface area contributed by atoms with Crippen LogP contribution < -0.4 is 0 Å². The van der Waals surface area contributed by atoms with E-state index in [9.17, 15) is 0 Å². The van der Waals surface area contributed by atoms with E-state index in [4.69, 9.17) is 0 Å². The molecule has 2 rings (SSSR count). The fourth-order valence-corrected chi connectivity index (χ4v) is 1.43. The molecule has 2 aromatic rings. The summed E-state index contributed by atoms with van der Waals surface area (Å²) in [7, 11) is 0. The quantitative estimate of drug-likeness (QED) is 0.719. The van der Waals surface area contributed by atoms with E-state index in [0.717, 1.165) is 11.3 Å². The summed E-state index contributed by atoms with van der Waals surface area (Å²) < 4.78 is 4.20. The molecule has 0 spiro atoms. The number of nitrogens with zero attached hydrogens (tertiary/aromatic N) is 1. The van der Waals surface area contributed by atoms with Crippen LogP contribution in [0.5, 0.6) is 0 Å². The van der Waals surface area contributed by atoms with Crippen LogP contribution in [-0.4, -0.2) is 4.37 Å². The summed E-state index contributed by atoms with van der Waals surface area (Å²) in [6.07, 6.45) is 0. The molecular weight excluding hydrogens is 346 g/mol. The molecule has 1 nitrogen and oxygen atoms in total. The van der Waals surface area contributed by atoms with Crippen LogP contribution in [0.15, 0.2) is 35.7 Å². The fraction of sp³-hybridized carbons (Fsp3) is 0. The van der Waals surface area contributed by atoms with Crippen LogP contribution >= 0.6 is 11.5 Å². The maximum atomic E-state index is 4.20. The molecule has 3 heteroatoms. The molecule has 0 fully saturated rings. The Hall–Kier alpha value is -0.501. The molecule has 12 heavy (non-hydrogen) atoms. The van der Waals surface area contributed by atoms with Gasteiger partial charge in [-0.2, -0.15) is 0 Å². The zero-order valence-corrected chi connectivity index (χ0v) is 9.36. The molecule has 0 N–H and O–H groups in total. The van der Waals surface area contributed by atoms with Crippen molar-refractivity contribution < 1.29 is 20.1 Å². The van der Waals surface area contributed by atoms with Crippen LogP contribution in [0.25, 0.3) is 11.3 Å². The summed E-state index contributed by atoms with van der Waals surface area (Å²) in [5.41, 5.74) is 2.07. The SMILES string of the molecule is [Ir].[c-]1ccccc1-c1ccsn1. The molecule has 63 valence electrons.